The first-order chi connectivity index (χ1) is 11.6. The molecule has 1 N–H and O–H groups in total. The molecule has 0 saturated heterocycles. The lowest BCUT2D eigenvalue weighted by Gasteiger charge is -2.16. The predicted octanol–water partition coefficient (Wildman–Crippen LogP) is 4.40. The van der Waals surface area contributed by atoms with Crippen LogP contribution in [0.4, 0.5) is 0 Å². The van der Waals surface area contributed by atoms with Crippen molar-refractivity contribution in [2.45, 2.75) is 51.0 Å². The predicted molar refractivity (Wildman–Crippen MR) is 96.7 cm³/mol. The van der Waals surface area contributed by atoms with Crippen molar-refractivity contribution in [3.8, 4) is 5.75 Å². The van der Waals surface area contributed by atoms with Gasteiger partial charge in [-0.3, -0.25) is 4.79 Å². The van der Waals surface area contributed by atoms with E-state index in [2.05, 4.69) is 22.6 Å². The summed E-state index contributed by atoms with van der Waals surface area (Å²) in [6.07, 6.45) is 2.97. The Morgan fingerprint density at radius 2 is 2.21 bits per heavy atom. The molecule has 2 aromatic rings. The van der Waals surface area contributed by atoms with E-state index < -0.39 is 0 Å². The number of ether oxygens (including phenoxy) is 1. The van der Waals surface area contributed by atoms with Crippen LogP contribution < -0.4 is 10.1 Å². The van der Waals surface area contributed by atoms with Gasteiger partial charge in [-0.2, -0.15) is 0 Å². The van der Waals surface area contributed by atoms with Crippen LogP contribution in [0.1, 0.15) is 67.3 Å². The Bertz CT molecular complexity index is 709. The Labute approximate surface area is 147 Å². The summed E-state index contributed by atoms with van der Waals surface area (Å²) in [5.74, 6) is 1.69. The van der Waals surface area contributed by atoms with E-state index in [9.17, 15) is 4.79 Å². The molecule has 0 bridgehead atoms. The lowest BCUT2D eigenvalue weighted by molar-refractivity contribution is -0.122. The summed E-state index contributed by atoms with van der Waals surface area (Å²) in [7, 11) is 1.65. The Morgan fingerprint density at radius 3 is 2.92 bits per heavy atom. The number of rotatable bonds is 7. The van der Waals surface area contributed by atoms with Gasteiger partial charge in [0.2, 0.25) is 5.91 Å². The minimum atomic E-state index is -0.0428. The van der Waals surface area contributed by atoms with Gasteiger partial charge < -0.3 is 10.1 Å². The number of thiazole rings is 1. The van der Waals surface area contributed by atoms with Crippen molar-refractivity contribution in [1.82, 2.24) is 10.3 Å². The summed E-state index contributed by atoms with van der Waals surface area (Å²) >= 11 is 1.71. The monoisotopic (exact) mass is 344 g/mol. The molecule has 3 rings (SSSR count). The first kappa shape index (κ1) is 17.0. The van der Waals surface area contributed by atoms with Gasteiger partial charge in [-0.1, -0.05) is 19.1 Å². The van der Waals surface area contributed by atoms with Crippen molar-refractivity contribution >= 4 is 17.2 Å². The van der Waals surface area contributed by atoms with Crippen LogP contribution in [-0.4, -0.2) is 18.0 Å². The van der Waals surface area contributed by atoms with Gasteiger partial charge in [-0.05, 0) is 43.4 Å². The Balaban J connectivity index is 1.55. The van der Waals surface area contributed by atoms with Crippen LogP contribution in [0.2, 0.25) is 0 Å². The third-order valence-electron chi connectivity index (χ3n) is 4.44. The highest BCUT2D eigenvalue weighted by molar-refractivity contribution is 7.09. The lowest BCUT2D eigenvalue weighted by Crippen LogP contribution is -2.27. The van der Waals surface area contributed by atoms with Crippen LogP contribution in [0.15, 0.2) is 29.6 Å². The molecular formula is C19H24N2O2S. The molecule has 1 fully saturated rings. The van der Waals surface area contributed by atoms with Crippen LogP contribution in [-0.2, 0) is 4.79 Å². The second kappa shape index (κ2) is 7.34. The third kappa shape index (κ3) is 4.15. The number of carbonyl (C=O) groups is 1. The molecular weight excluding hydrogens is 320 g/mol. The maximum Gasteiger partial charge on any atom is 0.221 e. The topological polar surface area (TPSA) is 51.2 Å². The lowest BCUT2D eigenvalue weighted by atomic mass is 9.97. The van der Waals surface area contributed by atoms with Crippen molar-refractivity contribution in [1.29, 1.82) is 0 Å². The summed E-state index contributed by atoms with van der Waals surface area (Å²) in [6, 6.07) is 7.85. The fraction of sp³-hybridized carbons (Fsp3) is 0.474. The van der Waals surface area contributed by atoms with Crippen LogP contribution in [0.25, 0.3) is 0 Å². The van der Waals surface area contributed by atoms with Crippen LogP contribution >= 0.6 is 11.3 Å². The number of hydrogen-bond donors (Lipinski definition) is 1. The van der Waals surface area contributed by atoms with Gasteiger partial charge in [0.1, 0.15) is 5.75 Å². The highest BCUT2D eigenvalue weighted by Gasteiger charge is 2.27. The van der Waals surface area contributed by atoms with Crippen molar-refractivity contribution in [2.24, 2.45) is 0 Å². The number of amides is 1. The standard InChI is InChI=1S/C19H24N2O2S/c1-12(15-5-4-6-16(10-15)23-3)9-18(22)20-13(2)17-11-24-19(21-17)14-7-8-14/h4-6,10-14H,7-9H2,1-3H3,(H,20,22). The van der Waals surface area contributed by atoms with E-state index in [0.29, 0.717) is 12.3 Å². The summed E-state index contributed by atoms with van der Waals surface area (Å²) in [4.78, 5) is 17.0. The van der Waals surface area contributed by atoms with Crippen molar-refractivity contribution in [3.05, 3.63) is 45.9 Å². The molecule has 2 atom stereocenters. The number of carbonyl (C=O) groups excluding carboxylic acids is 1. The van der Waals surface area contributed by atoms with Crippen molar-refractivity contribution in [3.63, 3.8) is 0 Å². The zero-order chi connectivity index (χ0) is 17.1. The second-order valence-electron chi connectivity index (χ2n) is 6.56. The molecule has 128 valence electrons. The molecule has 1 aromatic heterocycles. The van der Waals surface area contributed by atoms with E-state index in [0.717, 1.165) is 17.0 Å². The molecule has 0 radical (unpaired) electrons. The van der Waals surface area contributed by atoms with E-state index in [4.69, 9.17) is 4.74 Å². The molecule has 1 amide bonds. The van der Waals surface area contributed by atoms with Gasteiger partial charge in [0.25, 0.3) is 0 Å². The molecule has 1 aliphatic rings. The quantitative estimate of drug-likeness (QED) is 0.810. The summed E-state index contributed by atoms with van der Waals surface area (Å²) in [5, 5.41) is 6.36. The third-order valence-corrected chi connectivity index (χ3v) is 5.47. The Hall–Kier alpha value is -1.88. The number of methoxy groups -OCH3 is 1. The van der Waals surface area contributed by atoms with Gasteiger partial charge in [-0.15, -0.1) is 11.3 Å². The van der Waals surface area contributed by atoms with Crippen LogP contribution in [0.3, 0.4) is 0 Å². The zero-order valence-electron chi connectivity index (χ0n) is 14.4. The highest BCUT2D eigenvalue weighted by Crippen LogP contribution is 2.41. The molecule has 5 heteroatoms. The summed E-state index contributed by atoms with van der Waals surface area (Å²) < 4.78 is 5.25. The molecule has 1 saturated carbocycles. The number of aromatic nitrogens is 1. The summed E-state index contributed by atoms with van der Waals surface area (Å²) in [6.45, 7) is 4.06. The molecule has 1 aromatic carbocycles. The average Bonchev–Trinajstić information content (AvgIpc) is 3.31. The van der Waals surface area contributed by atoms with Crippen molar-refractivity contribution in [2.75, 3.05) is 7.11 Å². The first-order valence-electron chi connectivity index (χ1n) is 8.45. The molecule has 0 spiro atoms. The average molecular weight is 344 g/mol. The Kier molecular flexibility index (Phi) is 5.19. The maximum absolute atomic E-state index is 12.4. The SMILES string of the molecule is COc1cccc(C(C)CC(=O)NC(C)c2csc(C3CC3)n2)c1. The summed E-state index contributed by atoms with van der Waals surface area (Å²) in [5.41, 5.74) is 2.09. The fourth-order valence-corrected chi connectivity index (χ4v) is 3.82. The number of nitrogens with zero attached hydrogens (tertiary/aromatic N) is 1. The van der Waals surface area contributed by atoms with E-state index in [1.807, 2.05) is 31.2 Å². The molecule has 0 aliphatic heterocycles. The molecule has 1 aliphatic carbocycles. The number of nitrogens with one attached hydrogen (secondary N) is 1. The van der Waals surface area contributed by atoms with E-state index in [-0.39, 0.29) is 17.9 Å². The maximum atomic E-state index is 12.4. The minimum absolute atomic E-state index is 0.0428. The number of hydrogen-bond acceptors (Lipinski definition) is 4. The number of benzene rings is 1. The molecule has 1 heterocycles. The van der Waals surface area contributed by atoms with Crippen molar-refractivity contribution < 1.29 is 9.53 Å². The second-order valence-corrected chi connectivity index (χ2v) is 7.45. The molecule has 4 nitrogen and oxygen atoms in total. The fourth-order valence-electron chi connectivity index (χ4n) is 2.74. The zero-order valence-corrected chi connectivity index (χ0v) is 15.2. The molecule has 24 heavy (non-hydrogen) atoms. The van der Waals surface area contributed by atoms with Crippen LogP contribution in [0.5, 0.6) is 5.75 Å². The Morgan fingerprint density at radius 1 is 1.42 bits per heavy atom. The van der Waals surface area contributed by atoms with E-state index in [1.54, 1.807) is 18.4 Å². The van der Waals surface area contributed by atoms with Crippen LogP contribution in [0, 0.1) is 0 Å². The van der Waals surface area contributed by atoms with Gasteiger partial charge in [-0.25, -0.2) is 4.98 Å². The highest BCUT2D eigenvalue weighted by atomic mass is 32.1. The first-order valence-corrected chi connectivity index (χ1v) is 9.33. The van der Waals surface area contributed by atoms with Gasteiger partial charge in [0.15, 0.2) is 0 Å². The largest absolute Gasteiger partial charge is 0.497 e. The van der Waals surface area contributed by atoms with Gasteiger partial charge in [0.05, 0.1) is 23.9 Å². The van der Waals surface area contributed by atoms with Gasteiger partial charge in [0, 0.05) is 17.7 Å². The normalized spacial score (nSPS) is 16.5. The minimum Gasteiger partial charge on any atom is -0.497 e. The smallest absolute Gasteiger partial charge is 0.221 e. The van der Waals surface area contributed by atoms with E-state index >= 15 is 0 Å². The molecule has 2 unspecified atom stereocenters. The van der Waals surface area contributed by atoms with E-state index in [1.165, 1.54) is 17.8 Å². The van der Waals surface area contributed by atoms with Gasteiger partial charge >= 0.3 is 0 Å².